The second kappa shape index (κ2) is 5.73. The third-order valence-corrected chi connectivity index (χ3v) is 1.05. The molecule has 66 valence electrons. The predicted molar refractivity (Wildman–Crippen MR) is 44.5 cm³/mol. The Kier molecular flexibility index (Phi) is 6.58. The lowest BCUT2D eigenvalue weighted by Crippen LogP contribution is -2.20. The summed E-state index contributed by atoms with van der Waals surface area (Å²) in [5.41, 5.74) is 0.377. The highest BCUT2D eigenvalue weighted by atomic mass is 16.5. The molecule has 0 radical (unpaired) electrons. The van der Waals surface area contributed by atoms with E-state index in [-0.39, 0.29) is 12.1 Å². The van der Waals surface area contributed by atoms with Crippen molar-refractivity contribution in [2.24, 2.45) is 0 Å². The molecule has 0 fully saturated rings. The van der Waals surface area contributed by atoms with E-state index in [9.17, 15) is 4.79 Å². The van der Waals surface area contributed by atoms with Crippen LogP contribution in [-0.2, 0) is 9.53 Å². The third-order valence-electron chi connectivity index (χ3n) is 1.05. The van der Waals surface area contributed by atoms with Crippen LogP contribution in [0.25, 0.3) is 0 Å². The number of esters is 1. The van der Waals surface area contributed by atoms with Gasteiger partial charge in [0.25, 0.3) is 0 Å². The van der Waals surface area contributed by atoms with Crippen molar-refractivity contribution in [2.45, 2.75) is 6.92 Å². The van der Waals surface area contributed by atoms with Gasteiger partial charge in [0.1, 0.15) is 5.70 Å². The first-order chi connectivity index (χ1) is 4.59. The third kappa shape index (κ3) is 4.38. The molecule has 0 bridgehead atoms. The van der Waals surface area contributed by atoms with Gasteiger partial charge in [-0.2, -0.15) is 0 Å². The quantitative estimate of drug-likeness (QED) is 0.489. The highest BCUT2D eigenvalue weighted by molar-refractivity contribution is 5.86. The van der Waals surface area contributed by atoms with Gasteiger partial charge in [-0.05, 0) is 6.92 Å². The topological polar surface area (TPSA) is 64.5 Å². The van der Waals surface area contributed by atoms with Gasteiger partial charge in [-0.15, -0.1) is 0 Å². The number of nitrogens with zero attached hydrogens (tertiary/aromatic N) is 1. The molecule has 0 aromatic rings. The molecule has 4 nitrogen and oxygen atoms in total. The zero-order valence-corrected chi connectivity index (χ0v) is 7.39. The first kappa shape index (κ1) is 12.6. The lowest BCUT2D eigenvalue weighted by molar-refractivity contribution is -0.139. The van der Waals surface area contributed by atoms with Crippen LogP contribution in [0.3, 0.4) is 0 Å². The van der Waals surface area contributed by atoms with Crippen LogP contribution in [-0.4, -0.2) is 31.6 Å². The minimum atomic E-state index is -0.354. The Morgan fingerprint density at radius 2 is 2.00 bits per heavy atom. The molecular formula is C7H16N2O2. The minimum absolute atomic E-state index is 0. The molecular weight excluding hydrogens is 144 g/mol. The Morgan fingerprint density at radius 3 is 2.27 bits per heavy atom. The molecule has 0 spiro atoms. The summed E-state index contributed by atoms with van der Waals surface area (Å²) in [5, 5.41) is 0. The molecule has 0 atom stereocenters. The van der Waals surface area contributed by atoms with Crippen LogP contribution in [0.15, 0.2) is 12.3 Å². The van der Waals surface area contributed by atoms with Gasteiger partial charge in [-0.25, -0.2) is 4.79 Å². The highest BCUT2D eigenvalue weighted by Gasteiger charge is 2.07. The van der Waals surface area contributed by atoms with Crippen molar-refractivity contribution in [3.63, 3.8) is 0 Å². The second-order valence-corrected chi connectivity index (χ2v) is 2.06. The van der Waals surface area contributed by atoms with Crippen LogP contribution in [0.1, 0.15) is 6.92 Å². The highest BCUT2D eigenvalue weighted by Crippen LogP contribution is 1.96. The summed E-state index contributed by atoms with van der Waals surface area (Å²) in [7, 11) is 3.50. The normalized spacial score (nSPS) is 7.91. The van der Waals surface area contributed by atoms with Crippen molar-refractivity contribution in [1.82, 2.24) is 11.1 Å². The van der Waals surface area contributed by atoms with Crippen LogP contribution in [0.5, 0.6) is 0 Å². The van der Waals surface area contributed by atoms with Crippen LogP contribution in [0.4, 0.5) is 0 Å². The maximum atomic E-state index is 10.8. The van der Waals surface area contributed by atoms with Crippen molar-refractivity contribution >= 4 is 5.97 Å². The second-order valence-electron chi connectivity index (χ2n) is 2.06. The lowest BCUT2D eigenvalue weighted by Gasteiger charge is -2.12. The van der Waals surface area contributed by atoms with Gasteiger partial charge in [0.2, 0.25) is 0 Å². The van der Waals surface area contributed by atoms with E-state index in [0.29, 0.717) is 12.3 Å². The summed E-state index contributed by atoms with van der Waals surface area (Å²) in [6.45, 7) is 5.68. The summed E-state index contributed by atoms with van der Waals surface area (Å²) in [5.74, 6) is -0.354. The zero-order valence-electron chi connectivity index (χ0n) is 7.39. The van der Waals surface area contributed by atoms with E-state index >= 15 is 0 Å². The number of hydrogen-bond donors (Lipinski definition) is 1. The Morgan fingerprint density at radius 1 is 1.55 bits per heavy atom. The first-order valence-electron chi connectivity index (χ1n) is 3.13. The summed E-state index contributed by atoms with van der Waals surface area (Å²) < 4.78 is 4.68. The molecule has 0 amide bonds. The summed E-state index contributed by atoms with van der Waals surface area (Å²) in [4.78, 5) is 12.4. The smallest absolute Gasteiger partial charge is 0.353 e. The van der Waals surface area contributed by atoms with Crippen molar-refractivity contribution in [3.05, 3.63) is 12.3 Å². The largest absolute Gasteiger partial charge is 0.461 e. The van der Waals surface area contributed by atoms with Crippen molar-refractivity contribution in [1.29, 1.82) is 0 Å². The Labute approximate surface area is 67.4 Å². The van der Waals surface area contributed by atoms with E-state index in [0.717, 1.165) is 0 Å². The lowest BCUT2D eigenvalue weighted by atomic mass is 10.5. The maximum absolute atomic E-state index is 10.8. The molecule has 0 aliphatic carbocycles. The van der Waals surface area contributed by atoms with E-state index in [1.807, 2.05) is 0 Å². The average Bonchev–Trinajstić information content (AvgIpc) is 1.87. The molecule has 0 saturated carbocycles. The molecule has 0 rings (SSSR count). The zero-order chi connectivity index (χ0) is 8.15. The van der Waals surface area contributed by atoms with E-state index < -0.39 is 0 Å². The summed E-state index contributed by atoms with van der Waals surface area (Å²) >= 11 is 0. The van der Waals surface area contributed by atoms with Gasteiger partial charge >= 0.3 is 5.97 Å². The van der Waals surface area contributed by atoms with Gasteiger partial charge in [-0.3, -0.25) is 0 Å². The van der Waals surface area contributed by atoms with Crippen LogP contribution < -0.4 is 6.15 Å². The predicted octanol–water partition coefficient (Wildman–Crippen LogP) is 0.787. The minimum Gasteiger partial charge on any atom is -0.461 e. The number of ether oxygens (including phenoxy) is 1. The standard InChI is InChI=1S/C7H13NO2.H3N/c1-5-10-7(9)6(2)8(3)4;/h2,5H2,1,3-4H3;1H3. The number of carbonyl (C=O) groups is 1. The first-order valence-corrected chi connectivity index (χ1v) is 3.13. The summed E-state index contributed by atoms with van der Waals surface area (Å²) in [6.07, 6.45) is 0. The molecule has 4 heteroatoms. The van der Waals surface area contributed by atoms with E-state index in [4.69, 9.17) is 0 Å². The average molecular weight is 160 g/mol. The molecule has 0 aliphatic rings. The van der Waals surface area contributed by atoms with E-state index in [1.54, 1.807) is 25.9 Å². The Balaban J connectivity index is 0. The molecule has 0 heterocycles. The number of hydrogen-bond acceptors (Lipinski definition) is 4. The van der Waals surface area contributed by atoms with Crippen LogP contribution in [0, 0.1) is 0 Å². The summed E-state index contributed by atoms with van der Waals surface area (Å²) in [6, 6.07) is 0. The Bertz CT molecular complexity index is 143. The maximum Gasteiger partial charge on any atom is 0.353 e. The number of rotatable bonds is 3. The fourth-order valence-electron chi connectivity index (χ4n) is 0.397. The Hall–Kier alpha value is -1.03. The molecule has 11 heavy (non-hydrogen) atoms. The van der Waals surface area contributed by atoms with Gasteiger partial charge in [0, 0.05) is 14.1 Å². The molecule has 0 aromatic carbocycles. The number of likely N-dealkylation sites (N-methyl/N-ethyl adjacent to an activating group) is 1. The fourth-order valence-corrected chi connectivity index (χ4v) is 0.397. The van der Waals surface area contributed by atoms with Gasteiger partial charge in [0.05, 0.1) is 6.61 Å². The van der Waals surface area contributed by atoms with Gasteiger partial charge in [0.15, 0.2) is 0 Å². The van der Waals surface area contributed by atoms with E-state index in [1.165, 1.54) is 0 Å². The van der Waals surface area contributed by atoms with Crippen LogP contribution in [0.2, 0.25) is 0 Å². The SMILES string of the molecule is C=C(C(=O)OCC)N(C)C.N. The van der Waals surface area contributed by atoms with Crippen molar-refractivity contribution < 1.29 is 9.53 Å². The van der Waals surface area contributed by atoms with Gasteiger partial charge in [-0.1, -0.05) is 6.58 Å². The number of carbonyl (C=O) groups excluding carboxylic acids is 1. The molecule has 0 aromatic heterocycles. The monoisotopic (exact) mass is 160 g/mol. The molecule has 0 aliphatic heterocycles. The molecule has 0 unspecified atom stereocenters. The van der Waals surface area contributed by atoms with Crippen molar-refractivity contribution in [2.75, 3.05) is 20.7 Å². The fraction of sp³-hybridized carbons (Fsp3) is 0.571. The van der Waals surface area contributed by atoms with Crippen LogP contribution >= 0.6 is 0 Å². The van der Waals surface area contributed by atoms with Gasteiger partial charge < -0.3 is 15.8 Å². The van der Waals surface area contributed by atoms with E-state index in [2.05, 4.69) is 11.3 Å². The molecule has 3 N–H and O–H groups in total. The van der Waals surface area contributed by atoms with Crippen molar-refractivity contribution in [3.8, 4) is 0 Å². The molecule has 0 saturated heterocycles.